The quantitative estimate of drug-likeness (QED) is 0.814. The minimum Gasteiger partial charge on any atom is -0.477 e. The van der Waals surface area contributed by atoms with E-state index >= 15 is 0 Å². The summed E-state index contributed by atoms with van der Waals surface area (Å²) < 4.78 is 13.3. The lowest BCUT2D eigenvalue weighted by molar-refractivity contribution is 0.0692. The first-order chi connectivity index (χ1) is 9.38. The van der Waals surface area contributed by atoms with Crippen molar-refractivity contribution in [1.29, 1.82) is 0 Å². The lowest BCUT2D eigenvalue weighted by Gasteiger charge is -2.05. The van der Waals surface area contributed by atoms with Gasteiger partial charge < -0.3 is 15.4 Å². The number of carboxylic acids is 1. The van der Waals surface area contributed by atoms with E-state index in [0.717, 1.165) is 6.07 Å². The van der Waals surface area contributed by atoms with Gasteiger partial charge in [0.15, 0.2) is 0 Å². The third-order valence-corrected chi connectivity index (χ3v) is 2.90. The lowest BCUT2D eigenvalue weighted by Crippen LogP contribution is -2.14. The van der Waals surface area contributed by atoms with E-state index in [4.69, 9.17) is 16.7 Å². The number of anilines is 1. The van der Waals surface area contributed by atoms with Crippen LogP contribution in [0.5, 0.6) is 0 Å². The van der Waals surface area contributed by atoms with Crippen LogP contribution in [0.25, 0.3) is 0 Å². The van der Waals surface area contributed by atoms with Crippen LogP contribution >= 0.6 is 11.6 Å². The van der Waals surface area contributed by atoms with Crippen LogP contribution in [0.15, 0.2) is 24.3 Å². The highest BCUT2D eigenvalue weighted by molar-refractivity contribution is 6.30. The molecule has 0 unspecified atom stereocenters. The van der Waals surface area contributed by atoms with Crippen LogP contribution in [-0.4, -0.2) is 22.0 Å². The van der Waals surface area contributed by atoms with E-state index in [9.17, 15) is 14.0 Å². The van der Waals surface area contributed by atoms with Gasteiger partial charge >= 0.3 is 5.97 Å². The number of rotatable bonds is 3. The van der Waals surface area contributed by atoms with Gasteiger partial charge in [-0.3, -0.25) is 4.79 Å². The molecule has 3 N–H and O–H groups in total. The normalized spacial score (nSPS) is 10.3. The predicted octanol–water partition coefficient (Wildman–Crippen LogP) is 3.07. The predicted molar refractivity (Wildman–Crippen MR) is 71.9 cm³/mol. The number of carboxylic acid groups (broad SMARTS) is 1. The number of carbonyl (C=O) groups excluding carboxylic acids is 1. The Kier molecular flexibility index (Phi) is 3.76. The van der Waals surface area contributed by atoms with Crippen molar-refractivity contribution in [2.75, 3.05) is 5.32 Å². The van der Waals surface area contributed by atoms with Gasteiger partial charge in [-0.05, 0) is 31.2 Å². The van der Waals surface area contributed by atoms with Crippen LogP contribution in [0.1, 0.15) is 26.5 Å². The van der Waals surface area contributed by atoms with Gasteiger partial charge in [0.05, 0.1) is 10.7 Å². The summed E-state index contributed by atoms with van der Waals surface area (Å²) in [6.07, 6.45) is 0. The number of hydrogen-bond acceptors (Lipinski definition) is 2. The van der Waals surface area contributed by atoms with Gasteiger partial charge in [0.1, 0.15) is 11.5 Å². The molecule has 2 rings (SSSR count). The Bertz CT molecular complexity index is 697. The zero-order chi connectivity index (χ0) is 14.9. The molecule has 104 valence electrons. The Morgan fingerprint density at radius 3 is 2.65 bits per heavy atom. The first kappa shape index (κ1) is 14.1. The maximum atomic E-state index is 13.3. The molecule has 1 amide bonds. The molecule has 0 spiro atoms. The van der Waals surface area contributed by atoms with Crippen LogP contribution in [0, 0.1) is 12.7 Å². The summed E-state index contributed by atoms with van der Waals surface area (Å²) in [6, 6.07) is 5.07. The molecule has 1 heterocycles. The average molecular weight is 297 g/mol. The van der Waals surface area contributed by atoms with Crippen LogP contribution < -0.4 is 5.32 Å². The molecular formula is C13H10ClFN2O3. The van der Waals surface area contributed by atoms with Gasteiger partial charge in [-0.1, -0.05) is 11.6 Å². The molecule has 1 aromatic heterocycles. The molecule has 0 aliphatic carbocycles. The SMILES string of the molecule is Cc1cc(NC(=O)c2ccc(Cl)c(F)c2)c(C(=O)O)[nH]1. The third kappa shape index (κ3) is 2.80. The molecule has 1 aromatic carbocycles. The van der Waals surface area contributed by atoms with Crippen molar-refractivity contribution in [2.45, 2.75) is 6.92 Å². The van der Waals surface area contributed by atoms with E-state index in [-0.39, 0.29) is 22.0 Å². The number of amides is 1. The smallest absolute Gasteiger partial charge is 0.354 e. The summed E-state index contributed by atoms with van der Waals surface area (Å²) in [6.45, 7) is 1.66. The molecule has 0 saturated heterocycles. The number of aryl methyl sites for hydroxylation is 1. The Morgan fingerprint density at radius 1 is 1.35 bits per heavy atom. The fourth-order valence-corrected chi connectivity index (χ4v) is 1.81. The number of H-pyrrole nitrogens is 1. The zero-order valence-corrected chi connectivity index (χ0v) is 11.1. The van der Waals surface area contributed by atoms with E-state index in [1.807, 2.05) is 0 Å². The van der Waals surface area contributed by atoms with Crippen LogP contribution in [0.4, 0.5) is 10.1 Å². The van der Waals surface area contributed by atoms with Crippen molar-refractivity contribution in [3.05, 3.63) is 52.1 Å². The zero-order valence-electron chi connectivity index (χ0n) is 10.3. The van der Waals surface area contributed by atoms with Crippen LogP contribution in [0.2, 0.25) is 5.02 Å². The number of hydrogen-bond donors (Lipinski definition) is 3. The number of carbonyl (C=O) groups is 2. The lowest BCUT2D eigenvalue weighted by atomic mass is 10.2. The summed E-state index contributed by atoms with van der Waals surface area (Å²) in [5.41, 5.74) is 0.614. The van der Waals surface area contributed by atoms with Crippen LogP contribution in [0.3, 0.4) is 0 Å². The van der Waals surface area contributed by atoms with Crippen molar-refractivity contribution in [1.82, 2.24) is 4.98 Å². The van der Waals surface area contributed by atoms with Gasteiger partial charge in [-0.15, -0.1) is 0 Å². The Morgan fingerprint density at radius 2 is 2.05 bits per heavy atom. The number of aromatic amines is 1. The first-order valence-electron chi connectivity index (χ1n) is 5.58. The summed E-state index contributed by atoms with van der Waals surface area (Å²) in [4.78, 5) is 25.5. The maximum Gasteiger partial charge on any atom is 0.354 e. The molecular weight excluding hydrogens is 287 g/mol. The second-order valence-electron chi connectivity index (χ2n) is 4.13. The molecule has 7 heteroatoms. The van der Waals surface area contributed by atoms with E-state index in [1.165, 1.54) is 18.2 Å². The number of nitrogens with one attached hydrogen (secondary N) is 2. The van der Waals surface area contributed by atoms with E-state index in [2.05, 4.69) is 10.3 Å². The molecule has 0 bridgehead atoms. The van der Waals surface area contributed by atoms with Crippen molar-refractivity contribution in [3.8, 4) is 0 Å². The second-order valence-corrected chi connectivity index (χ2v) is 4.54. The highest BCUT2D eigenvalue weighted by Gasteiger charge is 2.16. The van der Waals surface area contributed by atoms with Gasteiger partial charge in [-0.2, -0.15) is 0 Å². The molecule has 0 aliphatic rings. The standard InChI is InChI=1S/C13H10ClFN2O3/c1-6-4-10(11(16-6)13(19)20)17-12(18)7-2-3-8(14)9(15)5-7/h2-5,16H,1H3,(H,17,18)(H,19,20). The fraction of sp³-hybridized carbons (Fsp3) is 0.0769. The Labute approximate surface area is 118 Å². The third-order valence-electron chi connectivity index (χ3n) is 2.60. The second kappa shape index (κ2) is 5.34. The van der Waals surface area contributed by atoms with Gasteiger partial charge in [0, 0.05) is 11.3 Å². The van der Waals surface area contributed by atoms with Crippen molar-refractivity contribution in [2.24, 2.45) is 0 Å². The highest BCUT2D eigenvalue weighted by Crippen LogP contribution is 2.20. The monoisotopic (exact) mass is 296 g/mol. The number of aromatic carboxylic acids is 1. The molecule has 0 saturated carbocycles. The maximum absolute atomic E-state index is 13.3. The molecule has 0 atom stereocenters. The summed E-state index contributed by atoms with van der Waals surface area (Å²) >= 11 is 5.53. The number of halogens is 2. The van der Waals surface area contributed by atoms with Crippen molar-refractivity contribution in [3.63, 3.8) is 0 Å². The average Bonchev–Trinajstić information content (AvgIpc) is 2.73. The molecule has 0 fully saturated rings. The highest BCUT2D eigenvalue weighted by atomic mass is 35.5. The topological polar surface area (TPSA) is 82.2 Å². The van der Waals surface area contributed by atoms with Crippen molar-refractivity contribution < 1.29 is 19.1 Å². The summed E-state index contributed by atoms with van der Waals surface area (Å²) in [5.74, 6) is -2.54. The molecule has 2 aromatic rings. The van der Waals surface area contributed by atoms with E-state index < -0.39 is 17.7 Å². The van der Waals surface area contributed by atoms with E-state index in [1.54, 1.807) is 6.92 Å². The fourth-order valence-electron chi connectivity index (χ4n) is 1.69. The summed E-state index contributed by atoms with van der Waals surface area (Å²) in [7, 11) is 0. The van der Waals surface area contributed by atoms with Gasteiger partial charge in [-0.25, -0.2) is 9.18 Å². The van der Waals surface area contributed by atoms with Crippen LogP contribution in [-0.2, 0) is 0 Å². The van der Waals surface area contributed by atoms with E-state index in [0.29, 0.717) is 5.69 Å². The number of benzene rings is 1. The van der Waals surface area contributed by atoms with Crippen molar-refractivity contribution >= 4 is 29.2 Å². The molecule has 5 nitrogen and oxygen atoms in total. The largest absolute Gasteiger partial charge is 0.477 e. The van der Waals surface area contributed by atoms with Gasteiger partial charge in [0.25, 0.3) is 5.91 Å². The summed E-state index contributed by atoms with van der Waals surface area (Å²) in [5, 5.41) is 11.3. The first-order valence-corrected chi connectivity index (χ1v) is 5.95. The molecule has 0 aliphatic heterocycles. The Hall–Kier alpha value is -2.34. The minimum absolute atomic E-state index is 0.0436. The number of aromatic nitrogens is 1. The Balaban J connectivity index is 2.27. The molecule has 20 heavy (non-hydrogen) atoms. The molecule has 0 radical (unpaired) electrons. The minimum atomic E-state index is -1.20. The van der Waals surface area contributed by atoms with Gasteiger partial charge in [0.2, 0.25) is 0 Å².